The maximum Gasteiger partial charge on any atom is 0.325 e. The normalized spacial score (nSPS) is 12.3. The Morgan fingerprint density at radius 2 is 2.22 bits per heavy atom. The molecule has 0 saturated carbocycles. The van der Waals surface area contributed by atoms with Gasteiger partial charge < -0.3 is 16.2 Å². The van der Waals surface area contributed by atoms with E-state index in [0.29, 0.717) is 16.5 Å². The van der Waals surface area contributed by atoms with Crippen molar-refractivity contribution >= 4 is 28.2 Å². The molecule has 5 nitrogen and oxygen atoms in total. The number of halogens is 1. The van der Waals surface area contributed by atoms with Crippen molar-refractivity contribution in [1.82, 2.24) is 4.98 Å². The Morgan fingerprint density at radius 1 is 1.50 bits per heavy atom. The highest BCUT2D eigenvalue weighted by atomic mass is 19.1. The first-order valence-corrected chi connectivity index (χ1v) is 5.32. The van der Waals surface area contributed by atoms with Crippen LogP contribution in [0, 0.1) is 5.82 Å². The Labute approximate surface area is 102 Å². The summed E-state index contributed by atoms with van der Waals surface area (Å²) in [5, 5.41) is 12.2. The molecular formula is C12H12FN3O2. The van der Waals surface area contributed by atoms with Crippen molar-refractivity contribution in [2.75, 3.05) is 11.1 Å². The van der Waals surface area contributed by atoms with Gasteiger partial charge in [0.2, 0.25) is 0 Å². The number of hydrogen-bond acceptors (Lipinski definition) is 4. The molecule has 94 valence electrons. The van der Waals surface area contributed by atoms with Crippen LogP contribution >= 0.6 is 0 Å². The molecule has 0 aliphatic rings. The number of hydrogen-bond donors (Lipinski definition) is 3. The van der Waals surface area contributed by atoms with Crippen molar-refractivity contribution in [3.8, 4) is 0 Å². The monoisotopic (exact) mass is 249 g/mol. The van der Waals surface area contributed by atoms with Crippen molar-refractivity contribution in [1.29, 1.82) is 0 Å². The average Bonchev–Trinajstić information content (AvgIpc) is 2.34. The molecular weight excluding hydrogens is 237 g/mol. The van der Waals surface area contributed by atoms with Gasteiger partial charge in [0, 0.05) is 17.3 Å². The minimum Gasteiger partial charge on any atom is -0.480 e. The molecule has 0 bridgehead atoms. The summed E-state index contributed by atoms with van der Waals surface area (Å²) in [6.45, 7) is 1.47. The van der Waals surface area contributed by atoms with Gasteiger partial charge in [0.1, 0.15) is 17.7 Å². The van der Waals surface area contributed by atoms with Crippen LogP contribution in [0.3, 0.4) is 0 Å². The third-order valence-corrected chi connectivity index (χ3v) is 2.63. The van der Waals surface area contributed by atoms with Gasteiger partial charge in [0.25, 0.3) is 0 Å². The van der Waals surface area contributed by atoms with E-state index >= 15 is 0 Å². The second-order valence-electron chi connectivity index (χ2n) is 3.92. The van der Waals surface area contributed by atoms with E-state index in [2.05, 4.69) is 10.3 Å². The third kappa shape index (κ3) is 2.04. The standard InChI is InChI=1S/C12H12FN3O2/c1-6(12(17)18)16-11-10-7(4-5-15-11)8(13)2-3-9(10)14/h2-6H,14H2,1H3,(H,15,16)(H,17,18). The molecule has 6 heteroatoms. The Balaban J connectivity index is 2.58. The topological polar surface area (TPSA) is 88.2 Å². The van der Waals surface area contributed by atoms with Crippen LogP contribution in [0.4, 0.5) is 15.9 Å². The van der Waals surface area contributed by atoms with Gasteiger partial charge in [-0.3, -0.25) is 4.79 Å². The second-order valence-corrected chi connectivity index (χ2v) is 3.92. The summed E-state index contributed by atoms with van der Waals surface area (Å²) in [5.74, 6) is -1.18. The summed E-state index contributed by atoms with van der Waals surface area (Å²) in [6.07, 6.45) is 1.40. The molecule has 0 spiro atoms. The number of nitrogen functional groups attached to an aromatic ring is 1. The SMILES string of the molecule is CC(Nc1nccc2c(F)ccc(N)c12)C(=O)O. The predicted molar refractivity (Wildman–Crippen MR) is 66.8 cm³/mol. The summed E-state index contributed by atoms with van der Waals surface area (Å²) in [4.78, 5) is 14.8. The van der Waals surface area contributed by atoms with E-state index in [4.69, 9.17) is 10.8 Å². The van der Waals surface area contributed by atoms with E-state index < -0.39 is 17.8 Å². The Morgan fingerprint density at radius 3 is 2.89 bits per heavy atom. The first-order valence-electron chi connectivity index (χ1n) is 5.32. The van der Waals surface area contributed by atoms with Crippen molar-refractivity contribution in [2.24, 2.45) is 0 Å². The van der Waals surface area contributed by atoms with Crippen molar-refractivity contribution in [2.45, 2.75) is 13.0 Å². The minimum atomic E-state index is -1.02. The van der Waals surface area contributed by atoms with Gasteiger partial charge in [-0.1, -0.05) is 0 Å². The maximum absolute atomic E-state index is 13.6. The number of fused-ring (bicyclic) bond motifs is 1. The molecule has 2 rings (SSSR count). The lowest BCUT2D eigenvalue weighted by Crippen LogP contribution is -2.26. The van der Waals surface area contributed by atoms with E-state index in [-0.39, 0.29) is 5.82 Å². The molecule has 1 heterocycles. The smallest absolute Gasteiger partial charge is 0.325 e. The van der Waals surface area contributed by atoms with E-state index in [1.165, 1.54) is 31.3 Å². The number of rotatable bonds is 3. The Bertz CT molecular complexity index is 616. The van der Waals surface area contributed by atoms with Gasteiger partial charge in [-0.25, -0.2) is 9.37 Å². The molecule has 18 heavy (non-hydrogen) atoms. The number of nitrogens with one attached hydrogen (secondary N) is 1. The van der Waals surface area contributed by atoms with Crippen molar-refractivity contribution in [3.05, 3.63) is 30.2 Å². The third-order valence-electron chi connectivity index (χ3n) is 2.63. The second kappa shape index (κ2) is 4.48. The zero-order valence-electron chi connectivity index (χ0n) is 9.64. The van der Waals surface area contributed by atoms with E-state index in [9.17, 15) is 9.18 Å². The fourth-order valence-corrected chi connectivity index (χ4v) is 1.67. The predicted octanol–water partition coefficient (Wildman–Crippen LogP) is 1.84. The summed E-state index contributed by atoms with van der Waals surface area (Å²) < 4.78 is 13.6. The van der Waals surface area contributed by atoms with Crippen LogP contribution in [0.1, 0.15) is 6.92 Å². The van der Waals surface area contributed by atoms with Crippen LogP contribution in [0.15, 0.2) is 24.4 Å². The highest BCUT2D eigenvalue weighted by Crippen LogP contribution is 2.29. The molecule has 1 aromatic carbocycles. The summed E-state index contributed by atoms with van der Waals surface area (Å²) in [7, 11) is 0. The summed E-state index contributed by atoms with van der Waals surface area (Å²) in [6, 6.07) is 3.35. The number of aliphatic carboxylic acids is 1. The number of benzene rings is 1. The number of aromatic nitrogens is 1. The molecule has 0 radical (unpaired) electrons. The highest BCUT2D eigenvalue weighted by Gasteiger charge is 2.15. The molecule has 0 saturated heterocycles. The fraction of sp³-hybridized carbons (Fsp3) is 0.167. The van der Waals surface area contributed by atoms with Crippen LogP contribution in [-0.2, 0) is 4.79 Å². The van der Waals surface area contributed by atoms with Gasteiger partial charge in [-0.2, -0.15) is 0 Å². The summed E-state index contributed by atoms with van der Waals surface area (Å²) >= 11 is 0. The van der Waals surface area contributed by atoms with Gasteiger partial charge in [0.15, 0.2) is 0 Å². The number of carboxylic acids is 1. The number of pyridine rings is 1. The van der Waals surface area contributed by atoms with Gasteiger partial charge in [0.05, 0.1) is 5.39 Å². The number of carbonyl (C=O) groups is 1. The van der Waals surface area contributed by atoms with Crippen LogP contribution in [0.2, 0.25) is 0 Å². The lowest BCUT2D eigenvalue weighted by molar-refractivity contribution is -0.137. The first kappa shape index (κ1) is 12.1. The van der Waals surface area contributed by atoms with Crippen molar-refractivity contribution in [3.63, 3.8) is 0 Å². The molecule has 0 amide bonds. The number of carboxylic acid groups (broad SMARTS) is 1. The lowest BCUT2D eigenvalue weighted by Gasteiger charge is -2.13. The zero-order chi connectivity index (χ0) is 13.3. The lowest BCUT2D eigenvalue weighted by atomic mass is 10.1. The van der Waals surface area contributed by atoms with Crippen molar-refractivity contribution < 1.29 is 14.3 Å². The number of nitrogens with two attached hydrogens (primary N) is 1. The largest absolute Gasteiger partial charge is 0.480 e. The van der Waals surface area contributed by atoms with Crippen LogP contribution in [0.5, 0.6) is 0 Å². The molecule has 0 aliphatic heterocycles. The van der Waals surface area contributed by atoms with Crippen LogP contribution in [0.25, 0.3) is 10.8 Å². The Hall–Kier alpha value is -2.37. The molecule has 4 N–H and O–H groups in total. The quantitative estimate of drug-likeness (QED) is 0.722. The van der Waals surface area contributed by atoms with Gasteiger partial charge >= 0.3 is 5.97 Å². The maximum atomic E-state index is 13.6. The molecule has 0 aliphatic carbocycles. The highest BCUT2D eigenvalue weighted by molar-refractivity contribution is 6.01. The molecule has 1 aromatic heterocycles. The summed E-state index contributed by atoms with van der Waals surface area (Å²) in [5.41, 5.74) is 6.13. The van der Waals surface area contributed by atoms with Gasteiger partial charge in [-0.15, -0.1) is 0 Å². The fourth-order valence-electron chi connectivity index (χ4n) is 1.67. The number of anilines is 2. The molecule has 1 atom stereocenters. The number of nitrogens with zero attached hydrogens (tertiary/aromatic N) is 1. The van der Waals surface area contributed by atoms with Gasteiger partial charge in [-0.05, 0) is 25.1 Å². The average molecular weight is 249 g/mol. The Kier molecular flexibility index (Phi) is 3.01. The van der Waals surface area contributed by atoms with E-state index in [1.807, 2.05) is 0 Å². The molecule has 2 aromatic rings. The van der Waals surface area contributed by atoms with Crippen LogP contribution < -0.4 is 11.1 Å². The zero-order valence-corrected chi connectivity index (χ0v) is 9.64. The van der Waals surface area contributed by atoms with Crippen LogP contribution in [-0.4, -0.2) is 22.1 Å². The van der Waals surface area contributed by atoms with E-state index in [0.717, 1.165) is 0 Å². The van der Waals surface area contributed by atoms with E-state index in [1.54, 1.807) is 0 Å². The molecule has 1 unspecified atom stereocenters. The molecule has 0 fully saturated rings. The first-order chi connectivity index (χ1) is 8.50. The minimum absolute atomic E-state index is 0.263.